The van der Waals surface area contributed by atoms with Crippen molar-refractivity contribution in [2.45, 2.75) is 60.7 Å². The molecule has 0 spiro atoms. The molecule has 5 aromatic carbocycles. The SMILES string of the molecule is C[Si](C)(C)c1ccc(-c2[c-]cccc2)nc1.Cc1cc(-n2c(-c3[c-]sc4cc(CC(C)(C)C)ccc34)nc3ccccc32)cc(C)c1-c1ccccc1.[Ir]. The van der Waals surface area contributed by atoms with Gasteiger partial charge in [0, 0.05) is 32.0 Å². The van der Waals surface area contributed by atoms with E-state index in [0.29, 0.717) is 0 Å². The topological polar surface area (TPSA) is 30.7 Å². The van der Waals surface area contributed by atoms with Crippen molar-refractivity contribution in [3.8, 4) is 39.5 Å². The van der Waals surface area contributed by atoms with E-state index < -0.39 is 8.07 Å². The van der Waals surface area contributed by atoms with Crippen LogP contribution in [0.3, 0.4) is 0 Å². The summed E-state index contributed by atoms with van der Waals surface area (Å²) in [7, 11) is -1.23. The molecular formula is C48H47IrN3SSi-2. The van der Waals surface area contributed by atoms with Gasteiger partial charge in [-0.2, -0.15) is 0 Å². The van der Waals surface area contributed by atoms with Crippen LogP contribution >= 0.6 is 11.3 Å². The maximum atomic E-state index is 5.14. The van der Waals surface area contributed by atoms with Crippen molar-refractivity contribution in [3.63, 3.8) is 0 Å². The number of hydrogen-bond acceptors (Lipinski definition) is 3. The number of para-hydroxylation sites is 2. The second-order valence-electron chi connectivity index (χ2n) is 16.2. The molecule has 0 amide bonds. The van der Waals surface area contributed by atoms with E-state index in [0.717, 1.165) is 45.8 Å². The molecule has 0 aliphatic carbocycles. The van der Waals surface area contributed by atoms with E-state index in [1.165, 1.54) is 43.1 Å². The Morgan fingerprint density at radius 2 is 1.48 bits per heavy atom. The Morgan fingerprint density at radius 3 is 2.13 bits per heavy atom. The Hall–Kier alpha value is -4.45. The maximum absolute atomic E-state index is 5.14. The van der Waals surface area contributed by atoms with Crippen LogP contribution in [-0.4, -0.2) is 22.6 Å². The predicted octanol–water partition coefficient (Wildman–Crippen LogP) is 12.7. The monoisotopic (exact) mass is 918 g/mol. The molecule has 0 aliphatic rings. The Labute approximate surface area is 339 Å². The fraction of sp³-hybridized carbons (Fsp3) is 0.208. The average molecular weight is 918 g/mol. The number of nitrogens with zero attached hydrogens (tertiary/aromatic N) is 3. The third kappa shape index (κ3) is 8.58. The van der Waals surface area contributed by atoms with Crippen molar-refractivity contribution < 1.29 is 20.1 Å². The molecule has 54 heavy (non-hydrogen) atoms. The van der Waals surface area contributed by atoms with Crippen molar-refractivity contribution in [1.82, 2.24) is 14.5 Å². The average Bonchev–Trinajstić information content (AvgIpc) is 3.73. The first kappa shape index (κ1) is 39.2. The van der Waals surface area contributed by atoms with Gasteiger partial charge in [0.1, 0.15) is 0 Å². The van der Waals surface area contributed by atoms with Crippen molar-refractivity contribution >= 4 is 45.7 Å². The molecule has 3 heterocycles. The first-order chi connectivity index (χ1) is 25.4. The molecule has 3 nitrogen and oxygen atoms in total. The molecule has 0 aliphatic heterocycles. The number of thiophene rings is 1. The van der Waals surface area contributed by atoms with Crippen molar-refractivity contribution in [2.24, 2.45) is 5.41 Å². The smallest absolute Gasteiger partial charge is 0.0795 e. The van der Waals surface area contributed by atoms with E-state index in [1.807, 2.05) is 30.5 Å². The van der Waals surface area contributed by atoms with Gasteiger partial charge < -0.3 is 9.55 Å². The fourth-order valence-electron chi connectivity index (χ4n) is 7.04. The number of aromatic nitrogens is 3. The fourth-order valence-corrected chi connectivity index (χ4v) is 8.98. The molecule has 1 radical (unpaired) electrons. The summed E-state index contributed by atoms with van der Waals surface area (Å²) >= 11 is 1.69. The summed E-state index contributed by atoms with van der Waals surface area (Å²) in [5, 5.41) is 6.23. The standard InChI is InChI=1S/C34H31N2S.C14H16NSi.Ir/c1-22-17-26(18-23(2)32(22)25-11-7-6-8-12-25)36-30-14-10-9-13-29(30)35-33(36)28-21-37-31-19-24(15-16-27(28)31)20-34(3,4)5;1-16(2,3)13-9-10-14(15-11-13)12-7-5-4-6-8-12;/h6-19H,20H2,1-5H3;4-7,9-11H,1-3H3;/q2*-1;. The Balaban J connectivity index is 0.000000246. The summed E-state index contributed by atoms with van der Waals surface area (Å²) in [6, 6.07) is 46.0. The van der Waals surface area contributed by atoms with E-state index in [1.54, 1.807) is 11.3 Å². The molecular weight excluding hydrogens is 871 g/mol. The quantitative estimate of drug-likeness (QED) is 0.123. The second kappa shape index (κ2) is 16.1. The van der Waals surface area contributed by atoms with Crippen LogP contribution in [0.4, 0.5) is 0 Å². The minimum atomic E-state index is -1.23. The van der Waals surface area contributed by atoms with Crippen LogP contribution in [0.15, 0.2) is 128 Å². The molecule has 0 saturated carbocycles. The molecule has 8 rings (SSSR count). The first-order valence-corrected chi connectivity index (χ1v) is 22.7. The number of benzene rings is 5. The third-order valence-electron chi connectivity index (χ3n) is 9.55. The van der Waals surface area contributed by atoms with E-state index in [2.05, 4.69) is 172 Å². The molecule has 0 atom stereocenters. The molecule has 275 valence electrons. The van der Waals surface area contributed by atoms with Gasteiger partial charge in [-0.3, -0.25) is 16.3 Å². The number of rotatable bonds is 6. The van der Waals surface area contributed by atoms with Gasteiger partial charge in [-0.05, 0) is 83.1 Å². The second-order valence-corrected chi connectivity index (χ2v) is 22.1. The summed E-state index contributed by atoms with van der Waals surface area (Å²) in [4.78, 5) is 9.66. The van der Waals surface area contributed by atoms with Gasteiger partial charge in [-0.15, -0.1) is 47.3 Å². The third-order valence-corrected chi connectivity index (χ3v) is 12.4. The first-order valence-electron chi connectivity index (χ1n) is 18.4. The van der Waals surface area contributed by atoms with Crippen LogP contribution in [0.1, 0.15) is 37.5 Å². The van der Waals surface area contributed by atoms with Gasteiger partial charge in [0.05, 0.1) is 24.9 Å². The predicted molar refractivity (Wildman–Crippen MR) is 230 cm³/mol. The van der Waals surface area contributed by atoms with Crippen LogP contribution in [0.2, 0.25) is 19.6 Å². The normalized spacial score (nSPS) is 11.6. The molecule has 3 aromatic heterocycles. The minimum Gasteiger partial charge on any atom is -0.333 e. The van der Waals surface area contributed by atoms with Gasteiger partial charge >= 0.3 is 0 Å². The molecule has 6 heteroatoms. The van der Waals surface area contributed by atoms with Gasteiger partial charge in [0.15, 0.2) is 0 Å². The number of aryl methyl sites for hydroxylation is 2. The van der Waals surface area contributed by atoms with E-state index in [-0.39, 0.29) is 25.5 Å². The maximum Gasteiger partial charge on any atom is 0.0795 e. The van der Waals surface area contributed by atoms with Gasteiger partial charge in [0.25, 0.3) is 0 Å². The zero-order chi connectivity index (χ0) is 37.3. The number of fused-ring (bicyclic) bond motifs is 2. The summed E-state index contributed by atoms with van der Waals surface area (Å²) < 4.78 is 3.58. The Kier molecular flexibility index (Phi) is 11.7. The number of pyridine rings is 1. The molecule has 0 N–H and O–H groups in total. The minimum absolute atomic E-state index is 0. The van der Waals surface area contributed by atoms with Crippen LogP contribution in [0, 0.1) is 30.7 Å². The number of imidazole rings is 1. The van der Waals surface area contributed by atoms with Gasteiger partial charge in [0.2, 0.25) is 0 Å². The molecule has 0 fully saturated rings. The van der Waals surface area contributed by atoms with Crippen LogP contribution in [0.25, 0.3) is 60.6 Å². The van der Waals surface area contributed by atoms with Crippen molar-refractivity contribution in [3.05, 3.63) is 156 Å². The van der Waals surface area contributed by atoms with Crippen molar-refractivity contribution in [2.75, 3.05) is 0 Å². The van der Waals surface area contributed by atoms with Gasteiger partial charge in [-0.25, -0.2) is 0 Å². The number of hydrogen-bond donors (Lipinski definition) is 0. The molecule has 0 unspecified atom stereocenters. The van der Waals surface area contributed by atoms with Crippen molar-refractivity contribution in [1.29, 1.82) is 0 Å². The largest absolute Gasteiger partial charge is 0.333 e. The zero-order valence-electron chi connectivity index (χ0n) is 32.4. The summed E-state index contributed by atoms with van der Waals surface area (Å²) in [5.41, 5.74) is 13.1. The van der Waals surface area contributed by atoms with Crippen LogP contribution in [-0.2, 0) is 26.5 Å². The molecule has 0 bridgehead atoms. The Morgan fingerprint density at radius 1 is 0.778 bits per heavy atom. The molecule has 0 saturated heterocycles. The summed E-state index contributed by atoms with van der Waals surface area (Å²) in [6.07, 6.45) is 3.07. The summed E-state index contributed by atoms with van der Waals surface area (Å²) in [5.74, 6) is 0.947. The van der Waals surface area contributed by atoms with Crippen LogP contribution in [0.5, 0.6) is 0 Å². The summed E-state index contributed by atoms with van der Waals surface area (Å²) in [6.45, 7) is 18.3. The van der Waals surface area contributed by atoms with Crippen LogP contribution < -0.4 is 5.19 Å². The Bertz CT molecular complexity index is 2480. The zero-order valence-corrected chi connectivity index (χ0v) is 36.6. The molecule has 8 aromatic rings. The van der Waals surface area contributed by atoms with E-state index in [9.17, 15) is 0 Å². The van der Waals surface area contributed by atoms with E-state index in [4.69, 9.17) is 4.98 Å². The van der Waals surface area contributed by atoms with E-state index >= 15 is 0 Å². The van der Waals surface area contributed by atoms with Gasteiger partial charge in [-0.1, -0.05) is 128 Å².